The molecule has 1 amide bonds. The van der Waals surface area contributed by atoms with E-state index in [0.29, 0.717) is 12.3 Å². The SMILES string of the molecule is Cc1noc2ncnc(N3CCCC(C(=O)NCCCN4CCN(C5CCCCC5)CC4)C3)c12. The Morgan fingerprint density at radius 3 is 2.71 bits per heavy atom. The van der Waals surface area contributed by atoms with Crippen LogP contribution in [0.3, 0.4) is 0 Å². The van der Waals surface area contributed by atoms with Crippen molar-refractivity contribution in [3.63, 3.8) is 0 Å². The smallest absolute Gasteiger partial charge is 0.263 e. The Labute approximate surface area is 202 Å². The van der Waals surface area contributed by atoms with Gasteiger partial charge in [0.15, 0.2) is 0 Å². The summed E-state index contributed by atoms with van der Waals surface area (Å²) in [4.78, 5) is 29.0. The van der Waals surface area contributed by atoms with Crippen LogP contribution in [0.5, 0.6) is 0 Å². The molecule has 3 aliphatic rings. The molecule has 34 heavy (non-hydrogen) atoms. The fourth-order valence-corrected chi connectivity index (χ4v) is 5.98. The Hall–Kier alpha value is -2.26. The second-order valence-corrected chi connectivity index (χ2v) is 10.2. The van der Waals surface area contributed by atoms with Crippen LogP contribution in [0.25, 0.3) is 11.1 Å². The number of anilines is 1. The first-order chi connectivity index (χ1) is 16.7. The van der Waals surface area contributed by atoms with E-state index in [9.17, 15) is 4.79 Å². The lowest BCUT2D eigenvalue weighted by molar-refractivity contribution is -0.125. The largest absolute Gasteiger partial charge is 0.356 e. The summed E-state index contributed by atoms with van der Waals surface area (Å²) in [6.45, 7) is 10.0. The van der Waals surface area contributed by atoms with Crippen LogP contribution in [-0.2, 0) is 4.79 Å². The lowest BCUT2D eigenvalue weighted by Crippen LogP contribution is -2.51. The molecule has 3 fully saturated rings. The van der Waals surface area contributed by atoms with Gasteiger partial charge in [-0.2, -0.15) is 4.98 Å². The van der Waals surface area contributed by atoms with Crippen LogP contribution in [0.15, 0.2) is 10.9 Å². The number of piperidine rings is 1. The molecular weight excluding hydrogens is 430 g/mol. The third-order valence-electron chi connectivity index (χ3n) is 7.96. The van der Waals surface area contributed by atoms with Crippen LogP contribution >= 0.6 is 0 Å². The van der Waals surface area contributed by atoms with Gasteiger partial charge in [0.25, 0.3) is 5.71 Å². The zero-order valence-corrected chi connectivity index (χ0v) is 20.5. The van der Waals surface area contributed by atoms with Crippen molar-refractivity contribution in [1.82, 2.24) is 30.2 Å². The van der Waals surface area contributed by atoms with Gasteiger partial charge in [-0.25, -0.2) is 4.98 Å². The number of nitrogens with one attached hydrogen (secondary N) is 1. The van der Waals surface area contributed by atoms with E-state index in [1.54, 1.807) is 0 Å². The van der Waals surface area contributed by atoms with E-state index in [1.807, 2.05) is 6.92 Å². The molecule has 1 saturated carbocycles. The van der Waals surface area contributed by atoms with Crippen LogP contribution in [0, 0.1) is 12.8 Å². The molecule has 0 spiro atoms. The highest BCUT2D eigenvalue weighted by Crippen LogP contribution is 2.29. The summed E-state index contributed by atoms with van der Waals surface area (Å²) in [5.74, 6) is 0.978. The molecule has 2 saturated heterocycles. The number of amides is 1. The molecule has 9 nitrogen and oxygen atoms in total. The number of rotatable bonds is 7. The zero-order chi connectivity index (χ0) is 23.3. The van der Waals surface area contributed by atoms with Gasteiger partial charge >= 0.3 is 0 Å². The van der Waals surface area contributed by atoms with Crippen LogP contribution in [-0.4, -0.2) is 89.2 Å². The molecule has 1 unspecified atom stereocenters. The first-order valence-electron chi connectivity index (χ1n) is 13.2. The maximum atomic E-state index is 12.9. The van der Waals surface area contributed by atoms with E-state index >= 15 is 0 Å². The van der Waals surface area contributed by atoms with Gasteiger partial charge in [-0.05, 0) is 45.6 Å². The molecule has 1 aliphatic carbocycles. The van der Waals surface area contributed by atoms with Gasteiger partial charge in [-0.1, -0.05) is 24.4 Å². The van der Waals surface area contributed by atoms with Gasteiger partial charge in [-0.3, -0.25) is 9.69 Å². The van der Waals surface area contributed by atoms with E-state index in [2.05, 4.69) is 35.1 Å². The number of hydrogen-bond donors (Lipinski definition) is 1. The second kappa shape index (κ2) is 11.0. The van der Waals surface area contributed by atoms with E-state index in [4.69, 9.17) is 4.52 Å². The Morgan fingerprint density at radius 2 is 1.88 bits per heavy atom. The maximum Gasteiger partial charge on any atom is 0.263 e. The standard InChI is InChI=1S/C25H39N7O2/c1-19-22-23(27-18-28-25(22)34-29-19)32-12-5-7-20(17-32)24(33)26-10-6-11-30-13-15-31(16-14-30)21-8-3-2-4-9-21/h18,20-21H,2-17H2,1H3,(H,26,33). The second-order valence-electron chi connectivity index (χ2n) is 10.2. The van der Waals surface area contributed by atoms with Gasteiger partial charge in [0.05, 0.1) is 11.6 Å². The van der Waals surface area contributed by atoms with E-state index in [-0.39, 0.29) is 11.8 Å². The first-order valence-corrected chi connectivity index (χ1v) is 13.2. The Morgan fingerprint density at radius 1 is 1.06 bits per heavy atom. The summed E-state index contributed by atoms with van der Waals surface area (Å²) in [5, 5.41) is 8.09. The van der Waals surface area contributed by atoms with Crippen LogP contribution in [0.2, 0.25) is 0 Å². The molecule has 0 bridgehead atoms. The summed E-state index contributed by atoms with van der Waals surface area (Å²) >= 11 is 0. The van der Waals surface area contributed by atoms with Gasteiger partial charge in [0.2, 0.25) is 5.91 Å². The monoisotopic (exact) mass is 469 g/mol. The van der Waals surface area contributed by atoms with Crippen molar-refractivity contribution in [3.05, 3.63) is 12.0 Å². The highest BCUT2D eigenvalue weighted by Gasteiger charge is 2.29. The van der Waals surface area contributed by atoms with Crippen molar-refractivity contribution in [3.8, 4) is 0 Å². The Balaban J connectivity index is 1.04. The van der Waals surface area contributed by atoms with Gasteiger partial charge < -0.3 is 19.6 Å². The van der Waals surface area contributed by atoms with Crippen molar-refractivity contribution in [2.45, 2.75) is 64.3 Å². The molecular formula is C25H39N7O2. The number of aryl methyl sites for hydroxylation is 1. The molecule has 1 atom stereocenters. The summed E-state index contributed by atoms with van der Waals surface area (Å²) < 4.78 is 5.29. The zero-order valence-electron chi connectivity index (χ0n) is 20.5. The molecule has 1 N–H and O–H groups in total. The summed E-state index contributed by atoms with van der Waals surface area (Å²) in [5.41, 5.74) is 1.30. The van der Waals surface area contributed by atoms with Crippen molar-refractivity contribution in [2.24, 2.45) is 5.92 Å². The number of fused-ring (bicyclic) bond motifs is 1. The quantitative estimate of drug-likeness (QED) is 0.619. The number of aromatic nitrogens is 3. The van der Waals surface area contributed by atoms with Crippen LogP contribution < -0.4 is 10.2 Å². The summed E-state index contributed by atoms with van der Waals surface area (Å²) in [6, 6.07) is 0.831. The van der Waals surface area contributed by atoms with E-state index in [1.165, 1.54) is 51.5 Å². The molecule has 2 aromatic rings. The molecule has 0 radical (unpaired) electrons. The normalized spacial score (nSPS) is 23.4. The highest BCUT2D eigenvalue weighted by molar-refractivity contribution is 5.88. The fraction of sp³-hybridized carbons (Fsp3) is 0.760. The van der Waals surface area contributed by atoms with Gasteiger partial charge in [0.1, 0.15) is 17.5 Å². The molecule has 4 heterocycles. The number of hydrogen-bond acceptors (Lipinski definition) is 8. The van der Waals surface area contributed by atoms with Gasteiger partial charge in [0, 0.05) is 51.9 Å². The third kappa shape index (κ3) is 5.35. The molecule has 2 aliphatic heterocycles. The van der Waals surface area contributed by atoms with Gasteiger partial charge in [-0.15, -0.1) is 0 Å². The first kappa shape index (κ1) is 23.5. The molecule has 5 rings (SSSR count). The van der Waals surface area contributed by atoms with Crippen molar-refractivity contribution < 1.29 is 9.32 Å². The molecule has 2 aromatic heterocycles. The molecule has 186 valence electrons. The average Bonchev–Trinajstić information content (AvgIpc) is 3.28. The van der Waals surface area contributed by atoms with Crippen molar-refractivity contribution >= 4 is 22.8 Å². The fourth-order valence-electron chi connectivity index (χ4n) is 5.98. The number of carbonyl (C=O) groups is 1. The number of nitrogens with zero attached hydrogens (tertiary/aromatic N) is 6. The minimum atomic E-state index is -0.0158. The Bertz CT molecular complexity index is 950. The highest BCUT2D eigenvalue weighted by atomic mass is 16.5. The van der Waals surface area contributed by atoms with Crippen molar-refractivity contribution in [1.29, 1.82) is 0 Å². The minimum absolute atomic E-state index is 0.0158. The number of carbonyl (C=O) groups excluding carboxylic acids is 1. The summed E-state index contributed by atoms with van der Waals surface area (Å²) in [6.07, 6.45) is 11.4. The lowest BCUT2D eigenvalue weighted by atomic mass is 9.94. The topological polar surface area (TPSA) is 90.6 Å². The van der Waals surface area contributed by atoms with E-state index < -0.39 is 0 Å². The molecule has 9 heteroatoms. The van der Waals surface area contributed by atoms with Crippen LogP contribution in [0.1, 0.15) is 57.1 Å². The molecule has 0 aromatic carbocycles. The van der Waals surface area contributed by atoms with E-state index in [0.717, 1.165) is 74.9 Å². The predicted molar refractivity (Wildman–Crippen MR) is 132 cm³/mol. The lowest BCUT2D eigenvalue weighted by Gasteiger charge is -2.40. The third-order valence-corrected chi connectivity index (χ3v) is 7.96. The Kier molecular flexibility index (Phi) is 7.59. The maximum absolute atomic E-state index is 12.9. The number of piperazine rings is 1. The van der Waals surface area contributed by atoms with Crippen molar-refractivity contribution in [2.75, 3.05) is 57.3 Å². The predicted octanol–water partition coefficient (Wildman–Crippen LogP) is 2.60. The summed E-state index contributed by atoms with van der Waals surface area (Å²) in [7, 11) is 0. The minimum Gasteiger partial charge on any atom is -0.356 e. The van der Waals surface area contributed by atoms with Crippen LogP contribution in [0.4, 0.5) is 5.82 Å². The average molecular weight is 470 g/mol.